The fourth-order valence-electron chi connectivity index (χ4n) is 1.75. The Hall–Kier alpha value is -1.43. The Morgan fingerprint density at radius 3 is 2.83 bits per heavy atom. The van der Waals surface area contributed by atoms with Crippen molar-refractivity contribution in [2.75, 3.05) is 6.54 Å². The molecule has 0 radical (unpaired) electrons. The number of hydrogen-bond acceptors (Lipinski definition) is 4. The lowest BCUT2D eigenvalue weighted by molar-refractivity contribution is -0.137. The Kier molecular flexibility index (Phi) is 5.77. The molecule has 6 nitrogen and oxygen atoms in total. The van der Waals surface area contributed by atoms with E-state index in [-0.39, 0.29) is 12.5 Å². The molecule has 0 saturated heterocycles. The van der Waals surface area contributed by atoms with Gasteiger partial charge in [-0.05, 0) is 20.3 Å². The van der Waals surface area contributed by atoms with E-state index in [4.69, 9.17) is 5.11 Å². The summed E-state index contributed by atoms with van der Waals surface area (Å²) in [5, 5.41) is 12.9. The zero-order chi connectivity index (χ0) is 13.5. The van der Waals surface area contributed by atoms with Crippen molar-refractivity contribution in [2.24, 2.45) is 0 Å². The van der Waals surface area contributed by atoms with Crippen molar-refractivity contribution in [3.63, 3.8) is 0 Å². The van der Waals surface area contributed by atoms with Crippen molar-refractivity contribution in [2.45, 2.75) is 52.7 Å². The molecule has 6 heteroatoms. The summed E-state index contributed by atoms with van der Waals surface area (Å²) in [5.74, 6) is 0.131. The van der Waals surface area contributed by atoms with Gasteiger partial charge in [-0.2, -0.15) is 5.10 Å². The van der Waals surface area contributed by atoms with Crippen LogP contribution in [0.15, 0.2) is 6.33 Å². The highest BCUT2D eigenvalue weighted by atomic mass is 16.4. The maximum atomic E-state index is 10.6. The van der Waals surface area contributed by atoms with Gasteiger partial charge in [0.05, 0.1) is 13.0 Å². The van der Waals surface area contributed by atoms with Gasteiger partial charge in [0.2, 0.25) is 0 Å². The summed E-state index contributed by atoms with van der Waals surface area (Å²) in [4.78, 5) is 17.0. The average Bonchev–Trinajstić information content (AvgIpc) is 2.71. The monoisotopic (exact) mass is 254 g/mol. The number of hydrogen-bond donors (Lipinski definition) is 1. The van der Waals surface area contributed by atoms with Gasteiger partial charge in [-0.1, -0.05) is 6.92 Å². The molecular weight excluding hydrogens is 232 g/mol. The highest BCUT2D eigenvalue weighted by molar-refractivity contribution is 5.66. The molecule has 0 amide bonds. The summed E-state index contributed by atoms with van der Waals surface area (Å²) in [6.45, 7) is 8.23. The molecule has 1 rings (SSSR count). The summed E-state index contributed by atoms with van der Waals surface area (Å²) >= 11 is 0. The molecule has 0 atom stereocenters. The van der Waals surface area contributed by atoms with Crippen LogP contribution in [0.25, 0.3) is 0 Å². The Morgan fingerprint density at radius 1 is 1.56 bits per heavy atom. The molecule has 0 aromatic carbocycles. The predicted octanol–water partition coefficient (Wildman–Crippen LogP) is 1.37. The van der Waals surface area contributed by atoms with Crippen LogP contribution in [-0.4, -0.2) is 43.3 Å². The number of aromatic nitrogens is 3. The molecule has 1 heterocycles. The fourth-order valence-corrected chi connectivity index (χ4v) is 1.75. The summed E-state index contributed by atoms with van der Waals surface area (Å²) < 4.78 is 1.89. The molecular formula is C12H22N4O2. The van der Waals surface area contributed by atoms with Gasteiger partial charge < -0.3 is 5.11 Å². The Balaban J connectivity index is 2.64. The van der Waals surface area contributed by atoms with E-state index >= 15 is 0 Å². The van der Waals surface area contributed by atoms with Crippen LogP contribution < -0.4 is 0 Å². The smallest absolute Gasteiger partial charge is 0.304 e. The number of nitrogens with zero attached hydrogens (tertiary/aromatic N) is 4. The van der Waals surface area contributed by atoms with Crippen molar-refractivity contribution in [3.05, 3.63) is 12.2 Å². The zero-order valence-corrected chi connectivity index (χ0v) is 11.3. The number of carboxylic acid groups (broad SMARTS) is 1. The third kappa shape index (κ3) is 4.44. The lowest BCUT2D eigenvalue weighted by Crippen LogP contribution is -2.33. The molecule has 1 aromatic rings. The van der Waals surface area contributed by atoms with Crippen molar-refractivity contribution >= 4 is 5.97 Å². The van der Waals surface area contributed by atoms with E-state index < -0.39 is 5.97 Å². The minimum absolute atomic E-state index is 0.153. The standard InChI is InChI=1S/C12H22N4O2/c1-4-6-16-11(13-9-14-16)8-15(10(2)3)7-5-12(17)18/h9-10H,4-8H2,1-3H3,(H,17,18). The number of aryl methyl sites for hydroxylation is 1. The lowest BCUT2D eigenvalue weighted by atomic mass is 10.2. The van der Waals surface area contributed by atoms with Crippen LogP contribution in [0.4, 0.5) is 0 Å². The summed E-state index contributed by atoms with van der Waals surface area (Å²) in [5.41, 5.74) is 0. The first kappa shape index (κ1) is 14.6. The van der Waals surface area contributed by atoms with Crippen LogP contribution in [-0.2, 0) is 17.9 Å². The highest BCUT2D eigenvalue weighted by Crippen LogP contribution is 2.07. The largest absolute Gasteiger partial charge is 0.481 e. The fraction of sp³-hybridized carbons (Fsp3) is 0.750. The van der Waals surface area contributed by atoms with Gasteiger partial charge >= 0.3 is 5.97 Å². The van der Waals surface area contributed by atoms with Gasteiger partial charge in [-0.15, -0.1) is 0 Å². The Bertz CT molecular complexity index is 376. The molecule has 1 N–H and O–H groups in total. The van der Waals surface area contributed by atoms with Gasteiger partial charge in [0.15, 0.2) is 0 Å². The topological polar surface area (TPSA) is 71.2 Å². The molecule has 18 heavy (non-hydrogen) atoms. The maximum absolute atomic E-state index is 10.6. The number of rotatable bonds is 8. The van der Waals surface area contributed by atoms with Crippen LogP contribution in [0.3, 0.4) is 0 Å². The van der Waals surface area contributed by atoms with E-state index in [0.29, 0.717) is 13.1 Å². The molecule has 0 spiro atoms. The van der Waals surface area contributed by atoms with Gasteiger partial charge in [0.25, 0.3) is 0 Å². The van der Waals surface area contributed by atoms with Crippen molar-refractivity contribution in [1.82, 2.24) is 19.7 Å². The van der Waals surface area contributed by atoms with Gasteiger partial charge in [-0.3, -0.25) is 9.69 Å². The van der Waals surface area contributed by atoms with E-state index in [0.717, 1.165) is 18.8 Å². The zero-order valence-electron chi connectivity index (χ0n) is 11.3. The summed E-state index contributed by atoms with van der Waals surface area (Å²) in [6, 6.07) is 0.288. The molecule has 0 unspecified atom stereocenters. The van der Waals surface area contributed by atoms with Crippen LogP contribution in [0, 0.1) is 0 Å². The summed E-state index contributed by atoms with van der Waals surface area (Å²) in [6.07, 6.45) is 2.72. The first-order valence-electron chi connectivity index (χ1n) is 6.37. The Morgan fingerprint density at radius 2 is 2.28 bits per heavy atom. The van der Waals surface area contributed by atoms with E-state index in [1.54, 1.807) is 6.33 Å². The van der Waals surface area contributed by atoms with E-state index in [2.05, 4.69) is 35.8 Å². The second kappa shape index (κ2) is 7.10. The SMILES string of the molecule is CCCn1ncnc1CN(CCC(=O)O)C(C)C. The Labute approximate surface area is 108 Å². The maximum Gasteiger partial charge on any atom is 0.304 e. The van der Waals surface area contributed by atoms with E-state index in [9.17, 15) is 4.79 Å². The van der Waals surface area contributed by atoms with Crippen molar-refractivity contribution < 1.29 is 9.90 Å². The van der Waals surface area contributed by atoms with Gasteiger partial charge in [-0.25, -0.2) is 9.67 Å². The lowest BCUT2D eigenvalue weighted by Gasteiger charge is -2.25. The molecule has 0 bridgehead atoms. The molecule has 0 aliphatic carbocycles. The molecule has 102 valence electrons. The highest BCUT2D eigenvalue weighted by Gasteiger charge is 2.15. The third-order valence-corrected chi connectivity index (χ3v) is 2.82. The van der Waals surface area contributed by atoms with Crippen LogP contribution in [0.2, 0.25) is 0 Å². The predicted molar refractivity (Wildman–Crippen MR) is 68.1 cm³/mol. The van der Waals surface area contributed by atoms with Crippen molar-refractivity contribution in [3.8, 4) is 0 Å². The van der Waals surface area contributed by atoms with Gasteiger partial charge in [0, 0.05) is 19.1 Å². The summed E-state index contributed by atoms with van der Waals surface area (Å²) in [7, 11) is 0. The second-order valence-corrected chi connectivity index (χ2v) is 4.61. The first-order valence-corrected chi connectivity index (χ1v) is 6.37. The van der Waals surface area contributed by atoms with E-state index in [1.807, 2.05) is 4.68 Å². The molecule has 0 fully saturated rings. The average molecular weight is 254 g/mol. The van der Waals surface area contributed by atoms with Crippen molar-refractivity contribution in [1.29, 1.82) is 0 Å². The van der Waals surface area contributed by atoms with E-state index in [1.165, 1.54) is 0 Å². The molecule has 0 aliphatic heterocycles. The normalized spacial score (nSPS) is 11.4. The number of carboxylic acids is 1. The minimum atomic E-state index is -0.768. The minimum Gasteiger partial charge on any atom is -0.481 e. The quantitative estimate of drug-likeness (QED) is 0.758. The van der Waals surface area contributed by atoms with Crippen LogP contribution >= 0.6 is 0 Å². The molecule has 1 aromatic heterocycles. The third-order valence-electron chi connectivity index (χ3n) is 2.82. The van der Waals surface area contributed by atoms with Crippen LogP contribution in [0.1, 0.15) is 39.4 Å². The second-order valence-electron chi connectivity index (χ2n) is 4.61. The number of aliphatic carboxylic acids is 1. The van der Waals surface area contributed by atoms with Gasteiger partial charge in [0.1, 0.15) is 12.2 Å². The molecule has 0 aliphatic rings. The number of carbonyl (C=O) groups is 1. The molecule has 0 saturated carbocycles. The van der Waals surface area contributed by atoms with Crippen LogP contribution in [0.5, 0.6) is 0 Å². The first-order chi connectivity index (χ1) is 8.54.